The zero-order chi connectivity index (χ0) is 15.4. The van der Waals surface area contributed by atoms with E-state index in [0.717, 1.165) is 17.7 Å². The lowest BCUT2D eigenvalue weighted by Crippen LogP contribution is -2.22. The highest BCUT2D eigenvalue weighted by Crippen LogP contribution is 2.24. The van der Waals surface area contributed by atoms with Crippen molar-refractivity contribution in [3.63, 3.8) is 0 Å². The number of nitrogens with one attached hydrogen (secondary N) is 1. The van der Waals surface area contributed by atoms with E-state index < -0.39 is 0 Å². The quantitative estimate of drug-likeness (QED) is 0.671. The Labute approximate surface area is 130 Å². The molecule has 114 valence electrons. The molecule has 0 saturated heterocycles. The number of methoxy groups -OCH3 is 1. The molecule has 1 aliphatic carbocycles. The molecular formula is C17H20N4O. The van der Waals surface area contributed by atoms with Crippen LogP contribution in [0.2, 0.25) is 0 Å². The zero-order valence-corrected chi connectivity index (χ0v) is 12.7. The molecule has 5 heteroatoms. The molecule has 0 spiro atoms. The van der Waals surface area contributed by atoms with Crippen molar-refractivity contribution in [1.29, 1.82) is 0 Å². The predicted molar refractivity (Wildman–Crippen MR) is 88.2 cm³/mol. The molecule has 0 aliphatic heterocycles. The highest BCUT2D eigenvalue weighted by atomic mass is 16.5. The first-order valence-electron chi connectivity index (χ1n) is 7.42. The molecule has 0 amide bonds. The number of nitrogens with zero attached hydrogens (tertiary/aromatic N) is 2. The summed E-state index contributed by atoms with van der Waals surface area (Å²) in [6.45, 7) is 0.487. The molecule has 0 radical (unpaired) electrons. The van der Waals surface area contributed by atoms with Crippen LogP contribution in [-0.4, -0.2) is 18.1 Å². The molecule has 3 N–H and O–H groups in total. The molecule has 0 saturated carbocycles. The Morgan fingerprint density at radius 3 is 2.91 bits per heavy atom. The van der Waals surface area contributed by atoms with Crippen molar-refractivity contribution in [2.75, 3.05) is 12.4 Å². The van der Waals surface area contributed by atoms with Gasteiger partial charge in [-0.2, -0.15) is 0 Å². The van der Waals surface area contributed by atoms with Crippen LogP contribution in [0.3, 0.4) is 0 Å². The average Bonchev–Trinajstić information content (AvgIpc) is 3.01. The summed E-state index contributed by atoms with van der Waals surface area (Å²) >= 11 is 0. The van der Waals surface area contributed by atoms with Gasteiger partial charge >= 0.3 is 0 Å². The standard InChI is InChI=1S/C17H20N4O/c1-22-16-8-5-12(10-19-16)11-20-17(18)21-15-7-6-13-3-2-4-14(13)9-15/h5-10H,2-4,11H2,1H3,(H3,18,20,21). The fourth-order valence-corrected chi connectivity index (χ4v) is 2.64. The molecule has 22 heavy (non-hydrogen) atoms. The summed E-state index contributed by atoms with van der Waals surface area (Å²) in [6, 6.07) is 10.1. The molecular weight excluding hydrogens is 276 g/mol. The molecule has 0 unspecified atom stereocenters. The molecule has 5 nitrogen and oxygen atoms in total. The maximum atomic E-state index is 5.95. The number of hydrogen-bond donors (Lipinski definition) is 2. The van der Waals surface area contributed by atoms with Crippen LogP contribution in [0.4, 0.5) is 5.69 Å². The predicted octanol–water partition coefficient (Wildman–Crippen LogP) is 2.51. The van der Waals surface area contributed by atoms with Crippen LogP contribution in [0.25, 0.3) is 0 Å². The number of aromatic nitrogens is 1. The van der Waals surface area contributed by atoms with E-state index in [1.54, 1.807) is 13.3 Å². The minimum Gasteiger partial charge on any atom is -0.481 e. The highest BCUT2D eigenvalue weighted by molar-refractivity contribution is 5.92. The summed E-state index contributed by atoms with van der Waals surface area (Å²) in [5, 5.41) is 3.15. The summed E-state index contributed by atoms with van der Waals surface area (Å²) in [5.41, 5.74) is 10.8. The Morgan fingerprint density at radius 2 is 2.14 bits per heavy atom. The number of benzene rings is 1. The Balaban J connectivity index is 1.62. The van der Waals surface area contributed by atoms with E-state index >= 15 is 0 Å². The second-order valence-corrected chi connectivity index (χ2v) is 5.37. The molecule has 2 aromatic rings. The largest absolute Gasteiger partial charge is 0.481 e. The fourth-order valence-electron chi connectivity index (χ4n) is 2.64. The average molecular weight is 296 g/mol. The van der Waals surface area contributed by atoms with Crippen molar-refractivity contribution in [1.82, 2.24) is 4.98 Å². The van der Waals surface area contributed by atoms with Gasteiger partial charge < -0.3 is 15.8 Å². The van der Waals surface area contributed by atoms with Crippen molar-refractivity contribution in [3.8, 4) is 5.88 Å². The van der Waals surface area contributed by atoms with E-state index in [-0.39, 0.29) is 0 Å². The van der Waals surface area contributed by atoms with Crippen LogP contribution in [0.15, 0.2) is 41.5 Å². The van der Waals surface area contributed by atoms with Crippen LogP contribution >= 0.6 is 0 Å². The summed E-state index contributed by atoms with van der Waals surface area (Å²) in [4.78, 5) is 8.49. The number of pyridine rings is 1. The van der Waals surface area contributed by atoms with Crippen LogP contribution in [0.1, 0.15) is 23.1 Å². The second-order valence-electron chi connectivity index (χ2n) is 5.37. The lowest BCUT2D eigenvalue weighted by Gasteiger charge is -2.08. The van der Waals surface area contributed by atoms with Gasteiger partial charge in [-0.25, -0.2) is 9.98 Å². The molecule has 1 heterocycles. The third kappa shape index (κ3) is 3.36. The normalized spacial score (nSPS) is 13.8. The molecule has 1 aliphatic rings. The zero-order valence-electron chi connectivity index (χ0n) is 12.7. The lowest BCUT2D eigenvalue weighted by atomic mass is 10.1. The van der Waals surface area contributed by atoms with Crippen molar-refractivity contribution in [3.05, 3.63) is 53.2 Å². The number of guanidine groups is 1. The molecule has 3 rings (SSSR count). The summed E-state index contributed by atoms with van der Waals surface area (Å²) in [7, 11) is 1.60. The van der Waals surface area contributed by atoms with E-state index in [9.17, 15) is 0 Å². The third-order valence-corrected chi connectivity index (χ3v) is 3.81. The van der Waals surface area contributed by atoms with E-state index in [0.29, 0.717) is 18.4 Å². The fraction of sp³-hybridized carbons (Fsp3) is 0.294. The number of ether oxygens (including phenoxy) is 1. The van der Waals surface area contributed by atoms with Gasteiger partial charge in [0.25, 0.3) is 0 Å². The molecule has 0 atom stereocenters. The van der Waals surface area contributed by atoms with Gasteiger partial charge in [0.2, 0.25) is 5.88 Å². The van der Waals surface area contributed by atoms with Gasteiger partial charge in [-0.05, 0) is 48.1 Å². The lowest BCUT2D eigenvalue weighted by molar-refractivity contribution is 0.397. The number of anilines is 1. The van der Waals surface area contributed by atoms with Crippen LogP contribution in [-0.2, 0) is 19.4 Å². The SMILES string of the molecule is COc1ccc(CN=C(N)Nc2ccc3c(c2)CCC3)cn1. The first kappa shape index (κ1) is 14.4. The summed E-state index contributed by atoms with van der Waals surface area (Å²) in [6.07, 6.45) is 5.32. The van der Waals surface area contributed by atoms with Gasteiger partial charge in [0.1, 0.15) is 0 Å². The van der Waals surface area contributed by atoms with Gasteiger partial charge in [0.05, 0.1) is 13.7 Å². The van der Waals surface area contributed by atoms with Crippen molar-refractivity contribution in [2.45, 2.75) is 25.8 Å². The molecule has 1 aromatic carbocycles. The second kappa shape index (κ2) is 6.47. The molecule has 0 fully saturated rings. The Morgan fingerprint density at radius 1 is 1.27 bits per heavy atom. The Kier molecular flexibility index (Phi) is 4.23. The van der Waals surface area contributed by atoms with Crippen molar-refractivity contribution in [2.24, 2.45) is 10.7 Å². The van der Waals surface area contributed by atoms with E-state index in [1.165, 1.54) is 24.0 Å². The van der Waals surface area contributed by atoms with E-state index in [2.05, 4.69) is 33.5 Å². The minimum absolute atomic E-state index is 0.411. The topological polar surface area (TPSA) is 72.5 Å². The third-order valence-electron chi connectivity index (χ3n) is 3.81. The smallest absolute Gasteiger partial charge is 0.212 e. The van der Waals surface area contributed by atoms with Crippen LogP contribution in [0, 0.1) is 0 Å². The number of aryl methyl sites for hydroxylation is 2. The first-order valence-corrected chi connectivity index (χ1v) is 7.42. The summed E-state index contributed by atoms with van der Waals surface area (Å²) < 4.78 is 5.03. The molecule has 0 bridgehead atoms. The van der Waals surface area contributed by atoms with Gasteiger partial charge in [-0.15, -0.1) is 0 Å². The van der Waals surface area contributed by atoms with E-state index in [4.69, 9.17) is 10.5 Å². The number of aliphatic imine (C=N–C) groups is 1. The van der Waals surface area contributed by atoms with Gasteiger partial charge in [0, 0.05) is 18.0 Å². The monoisotopic (exact) mass is 296 g/mol. The van der Waals surface area contributed by atoms with Crippen LogP contribution < -0.4 is 15.8 Å². The highest BCUT2D eigenvalue weighted by Gasteiger charge is 2.10. The number of hydrogen-bond acceptors (Lipinski definition) is 3. The van der Waals surface area contributed by atoms with Crippen LogP contribution in [0.5, 0.6) is 5.88 Å². The number of nitrogens with two attached hydrogens (primary N) is 1. The number of fused-ring (bicyclic) bond motifs is 1. The maximum absolute atomic E-state index is 5.95. The van der Waals surface area contributed by atoms with Gasteiger partial charge in [-0.3, -0.25) is 0 Å². The van der Waals surface area contributed by atoms with Gasteiger partial charge in [-0.1, -0.05) is 12.1 Å². The molecule has 1 aromatic heterocycles. The van der Waals surface area contributed by atoms with Crippen molar-refractivity contribution < 1.29 is 4.74 Å². The van der Waals surface area contributed by atoms with E-state index in [1.807, 2.05) is 12.1 Å². The minimum atomic E-state index is 0.411. The maximum Gasteiger partial charge on any atom is 0.212 e. The summed E-state index contributed by atoms with van der Waals surface area (Å²) in [5.74, 6) is 1.01. The Hall–Kier alpha value is -2.56. The van der Waals surface area contributed by atoms with Crippen molar-refractivity contribution >= 4 is 11.6 Å². The first-order chi connectivity index (χ1) is 10.7. The number of rotatable bonds is 4. The Bertz CT molecular complexity index is 680. The van der Waals surface area contributed by atoms with Gasteiger partial charge in [0.15, 0.2) is 5.96 Å².